The Balaban J connectivity index is 1.43. The molecule has 11 heteroatoms. The molecular weight excluding hydrogens is 719 g/mol. The van der Waals surface area contributed by atoms with Crippen LogP contribution in [0.5, 0.6) is 0 Å². The second-order valence-corrected chi connectivity index (χ2v) is 15.3. The molecule has 8 rings (SSSR count). The molecule has 0 unspecified atom stereocenters. The molecule has 2 amide bonds. The lowest BCUT2D eigenvalue weighted by Crippen LogP contribution is -2.41. The zero-order chi connectivity index (χ0) is 40.3. The van der Waals surface area contributed by atoms with Crippen LogP contribution in [0.15, 0.2) is 67.3 Å². The molecule has 0 saturated carbocycles. The molecule has 1 fully saturated rings. The number of aryl methyl sites for hydroxylation is 3. The van der Waals surface area contributed by atoms with Crippen LogP contribution >= 0.6 is 0 Å². The second-order valence-electron chi connectivity index (χ2n) is 15.3. The quantitative estimate of drug-likeness (QED) is 0.135. The summed E-state index contributed by atoms with van der Waals surface area (Å²) < 4.78 is 10.0. The average molecular weight is 764 g/mol. The number of nitrogens with one attached hydrogen (secondary N) is 2. The van der Waals surface area contributed by atoms with Gasteiger partial charge in [0.1, 0.15) is 0 Å². The summed E-state index contributed by atoms with van der Waals surface area (Å²) in [6.45, 7) is 12.2. The molecule has 0 spiro atoms. The van der Waals surface area contributed by atoms with Crippen LogP contribution in [0.25, 0.3) is 44.9 Å². The van der Waals surface area contributed by atoms with E-state index in [2.05, 4.69) is 22.6 Å². The topological polar surface area (TPSA) is 147 Å². The highest BCUT2D eigenvalue weighted by Gasteiger charge is 2.61. The summed E-state index contributed by atoms with van der Waals surface area (Å²) in [7, 11) is 2.76. The van der Waals surface area contributed by atoms with Crippen LogP contribution < -0.4 is 4.90 Å². The Hall–Kier alpha value is -6.36. The van der Waals surface area contributed by atoms with Crippen LogP contribution in [0.1, 0.15) is 84.6 Å². The smallest absolute Gasteiger partial charge is 0.305 e. The summed E-state index contributed by atoms with van der Waals surface area (Å²) in [6.07, 6.45) is 5.45. The number of imide groups is 1. The summed E-state index contributed by atoms with van der Waals surface area (Å²) in [4.78, 5) is 72.7. The third kappa shape index (κ3) is 6.03. The maximum atomic E-state index is 14.6. The first kappa shape index (κ1) is 37.6. The molecule has 290 valence electrons. The molecule has 8 bridgehead atoms. The van der Waals surface area contributed by atoms with Gasteiger partial charge in [0.05, 0.1) is 54.5 Å². The van der Waals surface area contributed by atoms with Gasteiger partial charge in [0, 0.05) is 45.9 Å². The van der Waals surface area contributed by atoms with Gasteiger partial charge in [-0.25, -0.2) is 4.98 Å². The van der Waals surface area contributed by atoms with E-state index in [0.717, 1.165) is 61.0 Å². The minimum absolute atomic E-state index is 0.147. The van der Waals surface area contributed by atoms with Crippen LogP contribution in [-0.4, -0.2) is 57.9 Å². The number of anilines is 1. The minimum atomic E-state index is -0.969. The van der Waals surface area contributed by atoms with Crippen molar-refractivity contribution in [3.63, 3.8) is 0 Å². The highest BCUT2D eigenvalue weighted by Crippen LogP contribution is 2.56. The summed E-state index contributed by atoms with van der Waals surface area (Å²) in [5.41, 5.74) is 12.0. The number of fused-ring (bicyclic) bond motifs is 13. The third-order valence-corrected chi connectivity index (χ3v) is 12.4. The highest BCUT2D eigenvalue weighted by atomic mass is 16.5. The van der Waals surface area contributed by atoms with Gasteiger partial charge in [0.2, 0.25) is 11.8 Å². The molecule has 0 radical (unpaired) electrons. The van der Waals surface area contributed by atoms with Gasteiger partial charge >= 0.3 is 11.9 Å². The van der Waals surface area contributed by atoms with Crippen molar-refractivity contribution in [3.05, 3.63) is 112 Å². The zero-order valence-electron chi connectivity index (χ0n) is 33.0. The Bertz CT molecular complexity index is 2650. The van der Waals surface area contributed by atoms with Crippen molar-refractivity contribution in [1.29, 1.82) is 0 Å². The number of para-hydroxylation sites is 1. The van der Waals surface area contributed by atoms with Gasteiger partial charge < -0.3 is 19.4 Å². The molecule has 57 heavy (non-hydrogen) atoms. The number of carbonyl (C=O) groups excluding carboxylic acids is 4. The molecular formula is C46H45N5O6. The van der Waals surface area contributed by atoms with Crippen LogP contribution in [0.4, 0.5) is 5.69 Å². The number of amides is 2. The molecule has 3 aliphatic heterocycles. The van der Waals surface area contributed by atoms with Crippen LogP contribution in [0.2, 0.25) is 0 Å². The number of rotatable bonds is 8. The zero-order valence-corrected chi connectivity index (χ0v) is 33.0. The Labute approximate surface area is 330 Å². The molecule has 3 aromatic heterocycles. The Morgan fingerprint density at radius 2 is 1.51 bits per heavy atom. The van der Waals surface area contributed by atoms with E-state index >= 15 is 0 Å². The van der Waals surface area contributed by atoms with Crippen molar-refractivity contribution in [2.45, 2.75) is 65.2 Å². The lowest BCUT2D eigenvalue weighted by Gasteiger charge is -2.37. The fourth-order valence-corrected chi connectivity index (χ4v) is 9.19. The van der Waals surface area contributed by atoms with Gasteiger partial charge in [-0.3, -0.25) is 29.1 Å². The summed E-state index contributed by atoms with van der Waals surface area (Å²) in [5.74, 6) is -2.40. The van der Waals surface area contributed by atoms with Crippen molar-refractivity contribution in [1.82, 2.24) is 19.9 Å². The first-order valence-corrected chi connectivity index (χ1v) is 19.2. The van der Waals surface area contributed by atoms with Crippen LogP contribution in [0, 0.1) is 25.7 Å². The van der Waals surface area contributed by atoms with Gasteiger partial charge in [0.25, 0.3) is 0 Å². The van der Waals surface area contributed by atoms with E-state index in [0.29, 0.717) is 47.7 Å². The number of H-pyrrole nitrogens is 2. The standard InChI is InChI=1S/C46H45N5O6/c1-8-28-24(2)34-21-39-32-17-14-31-43(45(55)51(44(31)54)27-12-10-9-11-13-27)46(32,5)40(50-39)23-35-26(4)30(16-19-42(53)57-7)38(49-35)22-37-29(15-18-41(52)56-6)25(3)33(48-37)20-36(28)47-34/h8-13,17,20-23,31,43,47-48H,1,14-16,18-19H2,2-7H3/t31-,43+,46-/m1/s1. The van der Waals surface area contributed by atoms with Gasteiger partial charge in [-0.2, -0.15) is 0 Å². The maximum Gasteiger partial charge on any atom is 0.305 e. The Morgan fingerprint density at radius 3 is 2.21 bits per heavy atom. The van der Waals surface area contributed by atoms with E-state index in [1.165, 1.54) is 19.1 Å². The molecule has 2 N–H and O–H groups in total. The summed E-state index contributed by atoms with van der Waals surface area (Å²) in [6, 6.07) is 17.1. The predicted molar refractivity (Wildman–Crippen MR) is 221 cm³/mol. The number of aromatic amines is 2. The fraction of sp³-hybridized carbons (Fsp3) is 0.304. The minimum Gasteiger partial charge on any atom is -0.469 e. The molecule has 6 heterocycles. The Kier molecular flexibility index (Phi) is 9.42. The number of allylic oxidation sites excluding steroid dienone is 4. The third-order valence-electron chi connectivity index (χ3n) is 12.4. The van der Waals surface area contributed by atoms with Crippen LogP contribution in [-0.2, 0) is 40.5 Å². The van der Waals surface area contributed by atoms with E-state index in [1.54, 1.807) is 12.1 Å². The first-order valence-electron chi connectivity index (χ1n) is 19.2. The van der Waals surface area contributed by atoms with Gasteiger partial charge in [-0.05, 0) is 117 Å². The Morgan fingerprint density at radius 1 is 0.842 bits per heavy atom. The second kappa shape index (κ2) is 14.3. The van der Waals surface area contributed by atoms with E-state index < -0.39 is 17.3 Å². The molecule has 4 aliphatic rings. The van der Waals surface area contributed by atoms with Gasteiger partial charge in [-0.1, -0.05) is 36.9 Å². The fourth-order valence-electron chi connectivity index (χ4n) is 9.19. The molecule has 1 aliphatic carbocycles. The molecule has 11 nitrogen and oxygen atoms in total. The van der Waals surface area contributed by atoms with E-state index in [9.17, 15) is 19.2 Å². The van der Waals surface area contributed by atoms with Crippen LogP contribution in [0.3, 0.4) is 0 Å². The van der Waals surface area contributed by atoms with E-state index in [-0.39, 0.29) is 36.6 Å². The largest absolute Gasteiger partial charge is 0.469 e. The normalized spacial score (nSPS) is 20.0. The predicted octanol–water partition coefficient (Wildman–Crippen LogP) is 8.11. The number of hydrogen-bond donors (Lipinski definition) is 2. The van der Waals surface area contributed by atoms with Crippen molar-refractivity contribution >= 4 is 74.3 Å². The lowest BCUT2D eigenvalue weighted by atomic mass is 9.61. The number of ether oxygens (including phenoxy) is 2. The molecule has 4 aromatic rings. The highest BCUT2D eigenvalue weighted by molar-refractivity contribution is 6.23. The van der Waals surface area contributed by atoms with Crippen molar-refractivity contribution in [3.8, 4) is 0 Å². The number of nitrogens with zero attached hydrogens (tertiary/aromatic N) is 3. The first-order chi connectivity index (χ1) is 27.4. The van der Waals surface area contributed by atoms with Gasteiger partial charge in [-0.15, -0.1) is 0 Å². The number of benzene rings is 1. The summed E-state index contributed by atoms with van der Waals surface area (Å²) >= 11 is 0. The van der Waals surface area contributed by atoms with Crippen molar-refractivity contribution < 1.29 is 28.7 Å². The average Bonchev–Trinajstić information content (AvgIpc) is 3.92. The molecule has 1 aromatic carbocycles. The number of hydrogen-bond acceptors (Lipinski definition) is 8. The number of aromatic nitrogens is 4. The monoisotopic (exact) mass is 763 g/mol. The molecule has 3 atom stereocenters. The lowest BCUT2D eigenvalue weighted by molar-refractivity contribution is -0.141. The number of esters is 2. The van der Waals surface area contributed by atoms with E-state index in [1.807, 2.05) is 76.2 Å². The molecule has 1 saturated heterocycles. The van der Waals surface area contributed by atoms with Gasteiger partial charge in [0.15, 0.2) is 0 Å². The number of carbonyl (C=O) groups is 4. The SMILES string of the molecule is C=Cc1c(C)c2cc3nc(cc4nc(cc5[nH]c(cc1[nH]2)c(C)c5CCC(=O)OC)C(CCC(=O)OC)=C4C)[C@@]1(C)C3=CC[C@H]2C(=O)N(c3ccccc3)C(=O)[C@H]21. The van der Waals surface area contributed by atoms with Crippen molar-refractivity contribution in [2.75, 3.05) is 19.1 Å². The summed E-state index contributed by atoms with van der Waals surface area (Å²) in [5, 5.41) is 0. The van der Waals surface area contributed by atoms with E-state index in [4.69, 9.17) is 19.4 Å². The maximum absolute atomic E-state index is 14.6. The number of methoxy groups -OCH3 is 2. The van der Waals surface area contributed by atoms with Crippen molar-refractivity contribution in [2.24, 2.45) is 11.8 Å².